The van der Waals surface area contributed by atoms with Crippen LogP contribution in [0.5, 0.6) is 5.75 Å². The number of benzene rings is 1. The number of methoxy groups -OCH3 is 1. The van der Waals surface area contributed by atoms with Gasteiger partial charge >= 0.3 is 6.03 Å². The van der Waals surface area contributed by atoms with Crippen LogP contribution in [-0.2, 0) is 0 Å². The molecular weight excluding hydrogens is 263 g/mol. The Bertz CT molecular complexity index is 487. The molecule has 110 valence electrons. The van der Waals surface area contributed by atoms with Crippen LogP contribution in [0.2, 0.25) is 0 Å². The van der Waals surface area contributed by atoms with Gasteiger partial charge in [-0.2, -0.15) is 0 Å². The minimum Gasteiger partial charge on any atom is -0.497 e. The summed E-state index contributed by atoms with van der Waals surface area (Å²) in [7, 11) is 1.43. The molecule has 0 bridgehead atoms. The summed E-state index contributed by atoms with van der Waals surface area (Å²) in [6.45, 7) is -0.0904. The van der Waals surface area contributed by atoms with Crippen LogP contribution in [0.25, 0.3) is 0 Å². The van der Waals surface area contributed by atoms with Crippen molar-refractivity contribution in [2.45, 2.75) is 31.2 Å². The van der Waals surface area contributed by atoms with E-state index >= 15 is 0 Å². The molecule has 0 aliphatic heterocycles. The average molecular weight is 282 g/mol. The number of nitrogens with one attached hydrogen (secondary N) is 2. The van der Waals surface area contributed by atoms with Crippen LogP contribution in [0.4, 0.5) is 14.9 Å². The highest BCUT2D eigenvalue weighted by atomic mass is 19.1. The van der Waals surface area contributed by atoms with Crippen molar-refractivity contribution in [3.05, 3.63) is 24.0 Å². The maximum absolute atomic E-state index is 13.3. The summed E-state index contributed by atoms with van der Waals surface area (Å²) < 4.78 is 18.3. The molecule has 1 aliphatic carbocycles. The van der Waals surface area contributed by atoms with Gasteiger partial charge in [0.25, 0.3) is 0 Å². The van der Waals surface area contributed by atoms with Crippen LogP contribution in [0.3, 0.4) is 0 Å². The summed E-state index contributed by atoms with van der Waals surface area (Å²) in [5.74, 6) is -0.157. The summed E-state index contributed by atoms with van der Waals surface area (Å²) in [5.41, 5.74) is -0.243. The summed E-state index contributed by atoms with van der Waals surface area (Å²) in [5, 5.41) is 14.8. The number of hydrogen-bond acceptors (Lipinski definition) is 3. The second kappa shape index (κ2) is 6.09. The predicted molar refractivity (Wildman–Crippen MR) is 73.4 cm³/mol. The van der Waals surface area contributed by atoms with Gasteiger partial charge in [0, 0.05) is 17.8 Å². The number of amides is 2. The third kappa shape index (κ3) is 3.39. The van der Waals surface area contributed by atoms with E-state index in [2.05, 4.69) is 10.6 Å². The van der Waals surface area contributed by atoms with Crippen molar-refractivity contribution in [1.82, 2.24) is 5.32 Å². The Hall–Kier alpha value is -1.82. The molecule has 0 aromatic heterocycles. The Kier molecular flexibility index (Phi) is 4.44. The van der Waals surface area contributed by atoms with E-state index in [1.807, 2.05) is 0 Å². The molecule has 0 heterocycles. The predicted octanol–water partition coefficient (Wildman–Crippen LogP) is 2.26. The number of urea groups is 1. The molecule has 0 saturated heterocycles. The van der Waals surface area contributed by atoms with Crippen molar-refractivity contribution >= 4 is 11.7 Å². The molecular formula is C14H19FN2O3. The Morgan fingerprint density at radius 1 is 1.40 bits per heavy atom. The van der Waals surface area contributed by atoms with Crippen molar-refractivity contribution in [3.8, 4) is 5.75 Å². The van der Waals surface area contributed by atoms with E-state index in [1.54, 1.807) is 0 Å². The fourth-order valence-electron chi connectivity index (χ4n) is 2.53. The van der Waals surface area contributed by atoms with Crippen molar-refractivity contribution in [2.75, 3.05) is 19.0 Å². The van der Waals surface area contributed by atoms with Crippen LogP contribution in [0.1, 0.15) is 25.7 Å². The topological polar surface area (TPSA) is 70.6 Å². The van der Waals surface area contributed by atoms with Crippen LogP contribution in [0, 0.1) is 5.82 Å². The molecule has 1 saturated carbocycles. The van der Waals surface area contributed by atoms with E-state index in [4.69, 9.17) is 4.74 Å². The van der Waals surface area contributed by atoms with E-state index in [0.29, 0.717) is 11.4 Å². The molecule has 0 unspecified atom stereocenters. The fourth-order valence-corrected chi connectivity index (χ4v) is 2.53. The molecule has 6 heteroatoms. The molecule has 0 radical (unpaired) electrons. The average Bonchev–Trinajstić information content (AvgIpc) is 2.86. The number of hydrogen-bond donors (Lipinski definition) is 3. The maximum atomic E-state index is 13.3. The number of aliphatic hydroxyl groups is 1. The summed E-state index contributed by atoms with van der Waals surface area (Å²) in [4.78, 5) is 11.9. The second-order valence-electron chi connectivity index (χ2n) is 5.10. The first-order valence-corrected chi connectivity index (χ1v) is 6.61. The van der Waals surface area contributed by atoms with E-state index in [1.165, 1.54) is 25.3 Å². The number of rotatable bonds is 4. The third-order valence-corrected chi connectivity index (χ3v) is 3.61. The number of carbonyl (C=O) groups excluding carboxylic acids is 1. The highest BCUT2D eigenvalue weighted by Gasteiger charge is 2.34. The number of ether oxygens (including phenoxy) is 1. The number of aliphatic hydroxyl groups excluding tert-OH is 1. The van der Waals surface area contributed by atoms with Crippen LogP contribution >= 0.6 is 0 Å². The van der Waals surface area contributed by atoms with Gasteiger partial charge in [0.2, 0.25) is 0 Å². The fraction of sp³-hybridized carbons (Fsp3) is 0.500. The van der Waals surface area contributed by atoms with Gasteiger partial charge in [-0.1, -0.05) is 12.8 Å². The quantitative estimate of drug-likeness (QED) is 0.793. The van der Waals surface area contributed by atoms with Crippen LogP contribution in [-0.4, -0.2) is 30.4 Å². The second-order valence-corrected chi connectivity index (χ2v) is 5.10. The first-order chi connectivity index (χ1) is 9.57. The van der Waals surface area contributed by atoms with Crippen molar-refractivity contribution in [1.29, 1.82) is 0 Å². The van der Waals surface area contributed by atoms with Gasteiger partial charge in [0.15, 0.2) is 0 Å². The van der Waals surface area contributed by atoms with Gasteiger partial charge in [-0.25, -0.2) is 9.18 Å². The molecule has 1 aromatic rings. The molecule has 1 aromatic carbocycles. The number of anilines is 1. The molecule has 2 rings (SSSR count). The Morgan fingerprint density at radius 2 is 2.10 bits per heavy atom. The summed E-state index contributed by atoms with van der Waals surface area (Å²) in [6.07, 6.45) is 3.47. The first-order valence-electron chi connectivity index (χ1n) is 6.61. The highest BCUT2D eigenvalue weighted by Crippen LogP contribution is 2.29. The molecule has 1 fully saturated rings. The Morgan fingerprint density at radius 3 is 2.70 bits per heavy atom. The molecule has 0 atom stereocenters. The monoisotopic (exact) mass is 282 g/mol. The molecule has 2 amide bonds. The number of halogens is 1. The Balaban J connectivity index is 2.02. The lowest BCUT2D eigenvalue weighted by Crippen LogP contribution is -2.50. The third-order valence-electron chi connectivity index (χ3n) is 3.61. The van der Waals surface area contributed by atoms with Gasteiger partial charge in [0.05, 0.1) is 19.3 Å². The van der Waals surface area contributed by atoms with Crippen molar-refractivity contribution < 1.29 is 19.0 Å². The van der Waals surface area contributed by atoms with Gasteiger partial charge in [-0.3, -0.25) is 0 Å². The van der Waals surface area contributed by atoms with E-state index in [0.717, 1.165) is 25.7 Å². The zero-order valence-corrected chi connectivity index (χ0v) is 11.4. The molecule has 3 N–H and O–H groups in total. The maximum Gasteiger partial charge on any atom is 0.319 e. The minimum atomic E-state index is -0.554. The number of carbonyl (C=O) groups is 1. The van der Waals surface area contributed by atoms with Gasteiger partial charge in [0.1, 0.15) is 11.6 Å². The van der Waals surface area contributed by atoms with Gasteiger partial charge in [-0.15, -0.1) is 0 Å². The SMILES string of the molecule is COc1cc(F)cc(NC(=O)NC2(CO)CCCC2)c1. The zero-order valence-electron chi connectivity index (χ0n) is 11.4. The molecule has 20 heavy (non-hydrogen) atoms. The molecule has 5 nitrogen and oxygen atoms in total. The molecule has 0 spiro atoms. The van der Waals surface area contributed by atoms with E-state index in [-0.39, 0.29) is 6.61 Å². The standard InChI is InChI=1S/C14H19FN2O3/c1-20-12-7-10(15)6-11(8-12)16-13(19)17-14(9-18)4-2-3-5-14/h6-8,18H,2-5,9H2,1H3,(H2,16,17,19). The minimum absolute atomic E-state index is 0.0904. The molecule has 1 aliphatic rings. The van der Waals surface area contributed by atoms with Crippen LogP contribution < -0.4 is 15.4 Å². The summed E-state index contributed by atoms with van der Waals surface area (Å²) >= 11 is 0. The van der Waals surface area contributed by atoms with Crippen molar-refractivity contribution in [2.24, 2.45) is 0 Å². The lowest BCUT2D eigenvalue weighted by molar-refractivity contribution is 0.167. The normalized spacial score (nSPS) is 16.8. The summed E-state index contributed by atoms with van der Waals surface area (Å²) in [6, 6.07) is 3.52. The highest BCUT2D eigenvalue weighted by molar-refractivity contribution is 5.90. The zero-order chi connectivity index (χ0) is 14.6. The van der Waals surface area contributed by atoms with Gasteiger partial charge < -0.3 is 20.5 Å². The lowest BCUT2D eigenvalue weighted by Gasteiger charge is -2.28. The largest absolute Gasteiger partial charge is 0.497 e. The van der Waals surface area contributed by atoms with Crippen LogP contribution in [0.15, 0.2) is 18.2 Å². The van der Waals surface area contributed by atoms with E-state index in [9.17, 15) is 14.3 Å². The van der Waals surface area contributed by atoms with Crippen molar-refractivity contribution in [3.63, 3.8) is 0 Å². The lowest BCUT2D eigenvalue weighted by atomic mass is 9.99. The smallest absolute Gasteiger partial charge is 0.319 e. The van der Waals surface area contributed by atoms with Gasteiger partial charge in [-0.05, 0) is 18.9 Å². The van der Waals surface area contributed by atoms with E-state index < -0.39 is 17.4 Å². The first kappa shape index (κ1) is 14.6. The Labute approximate surface area is 117 Å².